The van der Waals surface area contributed by atoms with Crippen molar-refractivity contribution in [3.63, 3.8) is 0 Å². The second-order valence-electron chi connectivity index (χ2n) is 23.0. The van der Waals surface area contributed by atoms with Gasteiger partial charge >= 0.3 is 0 Å². The van der Waals surface area contributed by atoms with Gasteiger partial charge in [0.15, 0.2) is 22.6 Å². The molecule has 1 aliphatic carbocycles. The van der Waals surface area contributed by atoms with Gasteiger partial charge < -0.3 is 25.5 Å². The van der Waals surface area contributed by atoms with Crippen LogP contribution in [0.15, 0.2) is 182 Å². The lowest BCUT2D eigenvalue weighted by atomic mass is 10.1. The quantitative estimate of drug-likeness (QED) is 0.0622. The summed E-state index contributed by atoms with van der Waals surface area (Å²) in [6.45, 7) is 4.30. The van der Waals surface area contributed by atoms with Gasteiger partial charge in [-0.15, -0.1) is 40.8 Å². The van der Waals surface area contributed by atoms with E-state index in [1.54, 1.807) is 18.7 Å². The van der Waals surface area contributed by atoms with E-state index >= 15 is 0 Å². The van der Waals surface area contributed by atoms with E-state index in [-0.39, 0.29) is 39.7 Å². The minimum Gasteiger partial charge on any atom is -0.394 e. The zero-order chi connectivity index (χ0) is 68.2. The number of likely N-dealkylation sites (N-methyl/N-ethyl adjacent to an activating group) is 1. The summed E-state index contributed by atoms with van der Waals surface area (Å²) in [6.07, 6.45) is 2.26. The first kappa shape index (κ1) is 70.3. The van der Waals surface area contributed by atoms with Gasteiger partial charge in [0.1, 0.15) is 40.7 Å². The van der Waals surface area contributed by atoms with Crippen molar-refractivity contribution in [2.24, 2.45) is 0 Å². The molecule has 6 aromatic carbocycles. The molecule has 26 heteroatoms. The van der Waals surface area contributed by atoms with E-state index in [0.717, 1.165) is 86.0 Å². The third kappa shape index (κ3) is 15.6. The Balaban J connectivity index is 0.000000135. The number of halogens is 4. The second-order valence-corrected chi connectivity index (χ2v) is 24.5. The van der Waals surface area contributed by atoms with Crippen molar-refractivity contribution in [1.82, 2.24) is 90.1 Å². The van der Waals surface area contributed by atoms with Crippen molar-refractivity contribution < 1.29 is 20.1 Å². The molecule has 0 aliphatic heterocycles. The summed E-state index contributed by atoms with van der Waals surface area (Å²) in [5.74, 6) is 0.309. The summed E-state index contributed by atoms with van der Waals surface area (Å²) in [6, 6.07) is 58.4. The number of nitrogens with zero attached hydrogens (tertiary/aromatic N) is 17. The minimum absolute atomic E-state index is 0. The Kier molecular flexibility index (Phi) is 23.1. The molecule has 0 unspecified atom stereocenters. The highest BCUT2D eigenvalue weighted by Gasteiger charge is 2.32. The molecule has 8 heterocycles. The molecule has 4 N–H and O–H groups in total. The highest BCUT2D eigenvalue weighted by Crippen LogP contribution is 2.46. The minimum atomic E-state index is -0.143. The van der Waals surface area contributed by atoms with Crippen molar-refractivity contribution in [2.75, 3.05) is 47.0 Å². The van der Waals surface area contributed by atoms with Gasteiger partial charge in [0.25, 0.3) is 0 Å². The van der Waals surface area contributed by atoms with E-state index in [9.17, 15) is 15.0 Å². The molecule has 0 radical (unpaired) electrons. The van der Waals surface area contributed by atoms with Crippen LogP contribution in [0, 0.1) is 6.92 Å². The number of hydrogen-bond donors (Lipinski definition) is 4. The number of hydrogen-bond acceptors (Lipinski definition) is 17. The van der Waals surface area contributed by atoms with Gasteiger partial charge in [-0.1, -0.05) is 236 Å². The fraction of sp³-hybridized carbons (Fsp3) is 0.219. The average molecular weight is 1410 g/mol. The van der Waals surface area contributed by atoms with Crippen molar-refractivity contribution in [2.45, 2.75) is 59.3 Å². The Morgan fingerprint density at radius 2 is 0.727 bits per heavy atom. The van der Waals surface area contributed by atoms with Crippen molar-refractivity contribution in [1.29, 1.82) is 0 Å². The van der Waals surface area contributed by atoms with Gasteiger partial charge in [0.05, 0.1) is 92.5 Å². The summed E-state index contributed by atoms with van der Waals surface area (Å²) >= 11 is 26.7. The predicted octanol–water partition coefficient (Wildman–Crippen LogP) is 13.4. The maximum absolute atomic E-state index is 12.5. The summed E-state index contributed by atoms with van der Waals surface area (Å²) in [4.78, 5) is 14.5. The summed E-state index contributed by atoms with van der Waals surface area (Å²) in [7, 11) is 3.92. The molecule has 1 fully saturated rings. The summed E-state index contributed by atoms with van der Waals surface area (Å²) < 4.78 is 6.54. The Labute approximate surface area is 590 Å². The third-order valence-electron chi connectivity index (χ3n) is 16.0. The molecule has 8 aromatic heterocycles. The molecule has 0 bridgehead atoms. The van der Waals surface area contributed by atoms with Gasteiger partial charge in [-0.05, 0) is 33.9 Å². The summed E-state index contributed by atoms with van der Waals surface area (Å²) in [5.41, 5.74) is 13.5. The maximum atomic E-state index is 12.5. The fourth-order valence-corrected chi connectivity index (χ4v) is 12.4. The van der Waals surface area contributed by atoms with Gasteiger partial charge in [-0.3, -0.25) is 4.79 Å². The van der Waals surface area contributed by atoms with Gasteiger partial charge in [-0.25, -0.2) is 18.7 Å². The zero-order valence-electron chi connectivity index (χ0n) is 53.5. The Morgan fingerprint density at radius 3 is 1.09 bits per heavy atom. The highest BCUT2D eigenvalue weighted by atomic mass is 35.5. The van der Waals surface area contributed by atoms with Crippen LogP contribution in [0.5, 0.6) is 0 Å². The molecule has 22 nitrogen and oxygen atoms in total. The second kappa shape index (κ2) is 32.6. The molecular formula is C73H70Cl4N18O4. The molecule has 0 saturated heterocycles. The van der Waals surface area contributed by atoms with E-state index in [1.165, 1.54) is 0 Å². The van der Waals surface area contributed by atoms with Crippen molar-refractivity contribution in [3.8, 4) is 67.5 Å². The molecule has 99 heavy (non-hydrogen) atoms. The predicted molar refractivity (Wildman–Crippen MR) is 390 cm³/mol. The van der Waals surface area contributed by atoms with Crippen LogP contribution >= 0.6 is 46.4 Å². The number of aliphatic hydroxyl groups excluding tert-OH is 3. The number of rotatable bonds is 18. The van der Waals surface area contributed by atoms with Crippen LogP contribution in [0.25, 0.3) is 112 Å². The molecular weight excluding hydrogens is 1330 g/mol. The molecule has 1 aliphatic rings. The standard InChI is InChI=1S/C23H23ClN6O.C19H15ClN4O.C16H15ClN4O.C14H13ClN4O.CH4/c1-29(2)14-13-25-18(31)15-30-23-19(21(28-30)16-9-5-3-6-10-16)20(24)22(26-27-23)17-11-7-4-8-12-17;20-16-15-17(13-7-3-1-4-8-13)23-24(11-12-25)19(15)22-21-18(16)14-9-5-2-6-10-14;17-13-12-14(11-6-7-11)20-21(8-9-22)16(12)19-18-15(13)10-4-2-1-3-5-10;1-9-11-12(15)13(10-5-3-2-4-6-10)16-17-14(11)19(18-9)7-8-20;/h3-12H,13-15H2,1-2H3,(H,25,31);1-10,25H,11-12H2;1-5,11,22H,6-9H2;2-6,20H,7-8H2,1H3;1H4. The number of aromatic nitrogens is 16. The molecule has 1 amide bonds. The smallest absolute Gasteiger partial charge is 0.241 e. The zero-order valence-corrected chi connectivity index (χ0v) is 56.6. The van der Waals surface area contributed by atoms with Crippen LogP contribution in [0.3, 0.4) is 0 Å². The first-order chi connectivity index (χ1) is 47.8. The van der Waals surface area contributed by atoms with Gasteiger partial charge in [0, 0.05) is 52.4 Å². The number of aliphatic hydroxyl groups is 3. The van der Waals surface area contributed by atoms with E-state index < -0.39 is 0 Å². The number of amides is 1. The average Bonchev–Trinajstić information content (AvgIpc) is 1.64. The molecule has 15 rings (SSSR count). The molecule has 504 valence electrons. The van der Waals surface area contributed by atoms with Crippen LogP contribution in [-0.2, 0) is 31.0 Å². The Bertz CT molecular complexity index is 5050. The molecule has 0 spiro atoms. The highest BCUT2D eigenvalue weighted by molar-refractivity contribution is 6.40. The van der Waals surface area contributed by atoms with E-state index in [2.05, 4.69) is 61.4 Å². The Hall–Kier alpha value is -10.0. The molecule has 0 atom stereocenters. The lowest BCUT2D eigenvalue weighted by Gasteiger charge is -2.10. The third-order valence-corrected chi connectivity index (χ3v) is 17.4. The van der Waals surface area contributed by atoms with E-state index in [1.807, 2.05) is 208 Å². The number of carbonyl (C=O) groups excluding carboxylic acids is 1. The van der Waals surface area contributed by atoms with Crippen LogP contribution in [0.2, 0.25) is 20.1 Å². The molecule has 1 saturated carbocycles. The number of nitrogens with one attached hydrogen (secondary N) is 1. The van der Waals surface area contributed by atoms with Crippen LogP contribution in [0.4, 0.5) is 0 Å². The van der Waals surface area contributed by atoms with E-state index in [4.69, 9.17) is 56.6 Å². The SMILES string of the molecule is C.CN(C)CCNC(=O)Cn1nc(-c2ccccc2)c2c(Cl)c(-c3ccccc3)nnc21.Cc1nn(CCO)c2nnc(-c3ccccc3)c(Cl)c12.OCCn1nc(-c2ccccc2)c2c(Cl)c(-c3ccccc3)nnc21.OCCn1nc(C2CC2)c2c(Cl)c(-c3ccccc3)nnc21. The van der Waals surface area contributed by atoms with Crippen molar-refractivity contribution in [3.05, 3.63) is 213 Å². The van der Waals surface area contributed by atoms with Crippen LogP contribution < -0.4 is 5.32 Å². The number of benzene rings is 6. The summed E-state index contributed by atoms with van der Waals surface area (Å²) in [5, 5.41) is 88.4. The van der Waals surface area contributed by atoms with Crippen LogP contribution in [-0.4, -0.2) is 153 Å². The first-order valence-electron chi connectivity index (χ1n) is 31.6. The van der Waals surface area contributed by atoms with Crippen LogP contribution in [0.1, 0.15) is 37.6 Å². The molecule has 14 aromatic rings. The monoisotopic (exact) mass is 1400 g/mol. The number of carbonyl (C=O) groups is 1. The van der Waals surface area contributed by atoms with E-state index in [0.29, 0.717) is 109 Å². The first-order valence-corrected chi connectivity index (χ1v) is 33.1. The van der Waals surface area contributed by atoms with Crippen molar-refractivity contribution >= 4 is 96.4 Å². The van der Waals surface area contributed by atoms with Gasteiger partial charge in [0.2, 0.25) is 5.91 Å². The number of aryl methyl sites for hydroxylation is 1. The largest absolute Gasteiger partial charge is 0.394 e. The lowest BCUT2D eigenvalue weighted by molar-refractivity contribution is -0.121. The topological polar surface area (TPSA) is 267 Å². The fourth-order valence-electron chi connectivity index (χ4n) is 11.1. The lowest BCUT2D eigenvalue weighted by Crippen LogP contribution is -2.33. The van der Waals surface area contributed by atoms with Gasteiger partial charge in [-0.2, -0.15) is 20.4 Å². The number of fused-ring (bicyclic) bond motifs is 4. The maximum Gasteiger partial charge on any atom is 0.241 e. The Morgan fingerprint density at radius 1 is 0.424 bits per heavy atom. The normalized spacial score (nSPS) is 11.8.